The zero-order chi connectivity index (χ0) is 10.8. The molecular formula is C13H13ClO. The summed E-state index contributed by atoms with van der Waals surface area (Å²) in [5, 5.41) is 0.771. The molecule has 15 heavy (non-hydrogen) atoms. The fourth-order valence-electron chi connectivity index (χ4n) is 1.82. The van der Waals surface area contributed by atoms with Gasteiger partial charge >= 0.3 is 0 Å². The van der Waals surface area contributed by atoms with Crippen molar-refractivity contribution in [1.82, 2.24) is 0 Å². The highest BCUT2D eigenvalue weighted by Gasteiger charge is 2.12. The van der Waals surface area contributed by atoms with Crippen LogP contribution in [0, 0.1) is 6.92 Å². The van der Waals surface area contributed by atoms with E-state index in [9.17, 15) is 0 Å². The molecule has 0 spiro atoms. The summed E-state index contributed by atoms with van der Waals surface area (Å²) >= 11 is 6.16. The zero-order valence-corrected chi connectivity index (χ0v) is 9.64. The SMILES string of the molecule is CCc1c(-c2ccccc2Cl)coc1C. The second-order valence-electron chi connectivity index (χ2n) is 3.52. The summed E-state index contributed by atoms with van der Waals surface area (Å²) in [6.07, 6.45) is 2.75. The Bertz CT molecular complexity index is 471. The number of halogens is 1. The molecule has 1 heterocycles. The Labute approximate surface area is 94.7 Å². The van der Waals surface area contributed by atoms with Crippen LogP contribution in [0.25, 0.3) is 11.1 Å². The maximum absolute atomic E-state index is 6.16. The van der Waals surface area contributed by atoms with Crippen molar-refractivity contribution in [3.05, 3.63) is 46.9 Å². The summed E-state index contributed by atoms with van der Waals surface area (Å²) in [6.45, 7) is 4.11. The predicted molar refractivity (Wildman–Crippen MR) is 63.3 cm³/mol. The molecule has 0 aliphatic rings. The largest absolute Gasteiger partial charge is 0.469 e. The molecule has 0 aliphatic carbocycles. The third-order valence-electron chi connectivity index (χ3n) is 2.62. The first kappa shape index (κ1) is 10.3. The fraction of sp³-hybridized carbons (Fsp3) is 0.231. The van der Waals surface area contributed by atoms with Crippen LogP contribution in [-0.4, -0.2) is 0 Å². The number of furan rings is 1. The van der Waals surface area contributed by atoms with Gasteiger partial charge in [-0.2, -0.15) is 0 Å². The third-order valence-corrected chi connectivity index (χ3v) is 2.95. The van der Waals surface area contributed by atoms with Gasteiger partial charge in [0.05, 0.1) is 6.26 Å². The second-order valence-corrected chi connectivity index (χ2v) is 3.92. The molecule has 78 valence electrons. The average molecular weight is 221 g/mol. The molecule has 0 fully saturated rings. The van der Waals surface area contributed by atoms with E-state index in [2.05, 4.69) is 6.92 Å². The highest BCUT2D eigenvalue weighted by molar-refractivity contribution is 6.33. The van der Waals surface area contributed by atoms with Crippen molar-refractivity contribution < 1.29 is 4.42 Å². The van der Waals surface area contributed by atoms with E-state index >= 15 is 0 Å². The van der Waals surface area contributed by atoms with Gasteiger partial charge in [-0.05, 0) is 19.4 Å². The molecule has 0 unspecified atom stereocenters. The van der Waals surface area contributed by atoms with Crippen molar-refractivity contribution in [2.75, 3.05) is 0 Å². The van der Waals surface area contributed by atoms with Crippen LogP contribution in [0.2, 0.25) is 5.02 Å². The van der Waals surface area contributed by atoms with Crippen LogP contribution >= 0.6 is 11.6 Å². The Morgan fingerprint density at radius 1 is 1.20 bits per heavy atom. The molecule has 1 aromatic carbocycles. The van der Waals surface area contributed by atoms with Gasteiger partial charge in [0.1, 0.15) is 5.76 Å². The van der Waals surface area contributed by atoms with Crippen LogP contribution in [0.15, 0.2) is 34.9 Å². The second kappa shape index (κ2) is 4.11. The molecule has 0 atom stereocenters. The number of rotatable bonds is 2. The molecule has 0 N–H and O–H groups in total. The molecule has 1 nitrogen and oxygen atoms in total. The maximum Gasteiger partial charge on any atom is 0.104 e. The molecule has 0 amide bonds. The van der Waals surface area contributed by atoms with Crippen molar-refractivity contribution in [2.45, 2.75) is 20.3 Å². The summed E-state index contributed by atoms with van der Waals surface area (Å²) in [5.41, 5.74) is 3.40. The van der Waals surface area contributed by atoms with E-state index in [-0.39, 0.29) is 0 Å². The van der Waals surface area contributed by atoms with Gasteiger partial charge < -0.3 is 4.42 Å². The van der Waals surface area contributed by atoms with E-state index in [0.717, 1.165) is 28.3 Å². The third kappa shape index (κ3) is 1.80. The number of aryl methyl sites for hydroxylation is 1. The fourth-order valence-corrected chi connectivity index (χ4v) is 2.06. The van der Waals surface area contributed by atoms with Gasteiger partial charge in [0.2, 0.25) is 0 Å². The van der Waals surface area contributed by atoms with Gasteiger partial charge in [-0.1, -0.05) is 36.7 Å². The van der Waals surface area contributed by atoms with Crippen LogP contribution in [0.5, 0.6) is 0 Å². The first-order chi connectivity index (χ1) is 7.24. The van der Waals surface area contributed by atoms with Crippen molar-refractivity contribution in [3.63, 3.8) is 0 Å². The van der Waals surface area contributed by atoms with Gasteiger partial charge in [-0.3, -0.25) is 0 Å². The molecule has 2 aromatic rings. The van der Waals surface area contributed by atoms with E-state index < -0.39 is 0 Å². The summed E-state index contributed by atoms with van der Waals surface area (Å²) < 4.78 is 5.44. The molecule has 0 aliphatic heterocycles. The van der Waals surface area contributed by atoms with Crippen LogP contribution < -0.4 is 0 Å². The van der Waals surface area contributed by atoms with E-state index in [1.807, 2.05) is 31.2 Å². The topological polar surface area (TPSA) is 13.1 Å². The van der Waals surface area contributed by atoms with Gasteiger partial charge in [-0.25, -0.2) is 0 Å². The Balaban J connectivity index is 2.59. The Kier molecular flexibility index (Phi) is 2.83. The van der Waals surface area contributed by atoms with E-state index in [0.29, 0.717) is 0 Å². The van der Waals surface area contributed by atoms with Crippen molar-refractivity contribution in [2.24, 2.45) is 0 Å². The number of hydrogen-bond acceptors (Lipinski definition) is 1. The van der Waals surface area contributed by atoms with Crippen LogP contribution in [-0.2, 0) is 6.42 Å². The van der Waals surface area contributed by atoms with Crippen LogP contribution in [0.4, 0.5) is 0 Å². The minimum Gasteiger partial charge on any atom is -0.469 e. The lowest BCUT2D eigenvalue weighted by Gasteiger charge is -2.03. The Hall–Kier alpha value is -1.21. The normalized spacial score (nSPS) is 10.6. The van der Waals surface area contributed by atoms with Crippen LogP contribution in [0.1, 0.15) is 18.2 Å². The van der Waals surface area contributed by atoms with Crippen molar-refractivity contribution >= 4 is 11.6 Å². The first-order valence-electron chi connectivity index (χ1n) is 5.06. The van der Waals surface area contributed by atoms with Crippen molar-refractivity contribution in [3.8, 4) is 11.1 Å². The smallest absolute Gasteiger partial charge is 0.104 e. The molecular weight excluding hydrogens is 208 g/mol. The summed E-state index contributed by atoms with van der Waals surface area (Å²) in [5.74, 6) is 0.979. The lowest BCUT2D eigenvalue weighted by Crippen LogP contribution is -1.85. The standard InChI is InChI=1S/C13H13ClO/c1-3-10-9(2)15-8-12(10)11-6-4-5-7-13(11)14/h4-8H,3H2,1-2H3. The highest BCUT2D eigenvalue weighted by Crippen LogP contribution is 2.33. The lowest BCUT2D eigenvalue weighted by molar-refractivity contribution is 0.531. The molecule has 0 saturated heterocycles. The summed E-state index contributed by atoms with van der Waals surface area (Å²) in [6, 6.07) is 7.85. The average Bonchev–Trinajstić information content (AvgIpc) is 2.60. The molecule has 0 saturated carbocycles. The van der Waals surface area contributed by atoms with Gasteiger partial charge in [-0.15, -0.1) is 0 Å². The van der Waals surface area contributed by atoms with Gasteiger partial charge in [0.15, 0.2) is 0 Å². The van der Waals surface area contributed by atoms with E-state index in [1.165, 1.54) is 5.56 Å². The molecule has 2 rings (SSSR count). The van der Waals surface area contributed by atoms with Gasteiger partial charge in [0.25, 0.3) is 0 Å². The highest BCUT2D eigenvalue weighted by atomic mass is 35.5. The minimum absolute atomic E-state index is 0.771. The first-order valence-corrected chi connectivity index (χ1v) is 5.43. The van der Waals surface area contributed by atoms with Crippen LogP contribution in [0.3, 0.4) is 0 Å². The summed E-state index contributed by atoms with van der Waals surface area (Å²) in [4.78, 5) is 0. The molecule has 0 bridgehead atoms. The Morgan fingerprint density at radius 3 is 2.60 bits per heavy atom. The number of benzene rings is 1. The quantitative estimate of drug-likeness (QED) is 0.728. The molecule has 2 heteroatoms. The zero-order valence-electron chi connectivity index (χ0n) is 8.88. The van der Waals surface area contributed by atoms with Crippen molar-refractivity contribution in [1.29, 1.82) is 0 Å². The maximum atomic E-state index is 6.16. The van der Waals surface area contributed by atoms with Gasteiger partial charge in [0, 0.05) is 21.7 Å². The number of hydrogen-bond donors (Lipinski definition) is 0. The van der Waals surface area contributed by atoms with E-state index in [1.54, 1.807) is 6.26 Å². The lowest BCUT2D eigenvalue weighted by atomic mass is 10.0. The molecule has 1 aromatic heterocycles. The Morgan fingerprint density at radius 2 is 1.93 bits per heavy atom. The van der Waals surface area contributed by atoms with E-state index in [4.69, 9.17) is 16.0 Å². The monoisotopic (exact) mass is 220 g/mol. The molecule has 0 radical (unpaired) electrons. The minimum atomic E-state index is 0.771. The summed E-state index contributed by atoms with van der Waals surface area (Å²) in [7, 11) is 0. The predicted octanol–water partition coefficient (Wildman–Crippen LogP) is 4.47.